The molecule has 0 aliphatic carbocycles. The van der Waals surface area contributed by atoms with E-state index in [4.69, 9.17) is 0 Å². The van der Waals surface area contributed by atoms with Crippen LogP contribution in [-0.2, 0) is 0 Å². The van der Waals surface area contributed by atoms with E-state index in [1.807, 2.05) is 48.5 Å². The lowest BCUT2D eigenvalue weighted by Gasteiger charge is -2.15. The number of aromatic nitrogens is 1. The lowest BCUT2D eigenvalue weighted by Crippen LogP contribution is -2.05. The van der Waals surface area contributed by atoms with Crippen LogP contribution in [0, 0.1) is 11.3 Å². The maximum Gasteiger partial charge on any atom is 0.259 e. The topological polar surface area (TPSA) is 73.7 Å². The molecule has 0 aliphatic rings. The average molecular weight is 346 g/mol. The summed E-state index contributed by atoms with van der Waals surface area (Å²) >= 11 is 0. The highest BCUT2D eigenvalue weighted by Crippen LogP contribution is 2.42. The minimum atomic E-state index is -0.362. The molecule has 0 bridgehead atoms. The Labute approximate surface area is 151 Å². The molecule has 0 amide bonds. The minimum Gasteiger partial charge on any atom is -0.288 e. The van der Waals surface area contributed by atoms with E-state index in [2.05, 4.69) is 11.1 Å². The van der Waals surface area contributed by atoms with Crippen molar-refractivity contribution in [1.29, 1.82) is 5.26 Å². The maximum atomic E-state index is 12.6. The number of hydrogen-bond donors (Lipinski definition) is 1. The Hall–Kier alpha value is -3.97. The SMILES string of the molecule is N#Cc1ccc2c3cccc4cc5c(=O)[nH]c(=O)c5c(c5cccc1c25)c43. The second-order valence-corrected chi connectivity index (χ2v) is 6.86. The largest absolute Gasteiger partial charge is 0.288 e. The first-order valence-corrected chi connectivity index (χ1v) is 8.61. The molecule has 4 heteroatoms. The molecular weight excluding hydrogens is 336 g/mol. The molecule has 0 aliphatic heterocycles. The summed E-state index contributed by atoms with van der Waals surface area (Å²) in [4.78, 5) is 27.3. The van der Waals surface area contributed by atoms with Gasteiger partial charge in [0.15, 0.2) is 0 Å². The molecule has 0 saturated heterocycles. The summed E-state index contributed by atoms with van der Waals surface area (Å²) in [6, 6.07) is 19.6. The number of benzene rings is 5. The van der Waals surface area contributed by atoms with Crippen molar-refractivity contribution in [2.45, 2.75) is 0 Å². The third-order valence-corrected chi connectivity index (χ3v) is 5.59. The lowest BCUT2D eigenvalue weighted by atomic mass is 9.87. The predicted octanol–water partition coefficient (Wildman–Crippen LogP) is 4.25. The first-order chi connectivity index (χ1) is 13.2. The number of nitrogens with zero attached hydrogens (tertiary/aromatic N) is 1. The molecule has 1 heterocycles. The summed E-state index contributed by atoms with van der Waals surface area (Å²) in [5.41, 5.74) is -0.125. The van der Waals surface area contributed by atoms with Crippen molar-refractivity contribution in [2.24, 2.45) is 0 Å². The molecule has 0 saturated carbocycles. The molecule has 0 radical (unpaired) electrons. The fourth-order valence-electron chi connectivity index (χ4n) is 4.54. The Morgan fingerprint density at radius 3 is 2.26 bits per heavy atom. The van der Waals surface area contributed by atoms with Crippen molar-refractivity contribution in [1.82, 2.24) is 4.98 Å². The normalized spacial score (nSPS) is 12.0. The van der Waals surface area contributed by atoms with Gasteiger partial charge in [-0.25, -0.2) is 0 Å². The standard InChI is InChI=1S/C23H10N2O2/c24-10-12-7-8-15-14-5-1-3-11-9-17-21(23(27)25-22(17)26)20(18(11)14)16-6-2-4-13(12)19(15)16/h1-9H,(H,25,26,27). The van der Waals surface area contributed by atoms with E-state index in [0.717, 1.165) is 43.1 Å². The minimum absolute atomic E-state index is 0.359. The van der Waals surface area contributed by atoms with Crippen LogP contribution in [0.4, 0.5) is 0 Å². The monoisotopic (exact) mass is 346 g/mol. The summed E-state index contributed by atoms with van der Waals surface area (Å²) in [5, 5.41) is 17.8. The van der Waals surface area contributed by atoms with Crippen LogP contribution in [0.5, 0.6) is 0 Å². The molecule has 27 heavy (non-hydrogen) atoms. The van der Waals surface area contributed by atoms with Crippen LogP contribution in [-0.4, -0.2) is 4.98 Å². The number of rotatable bonds is 0. The van der Waals surface area contributed by atoms with Gasteiger partial charge in [0, 0.05) is 10.8 Å². The van der Waals surface area contributed by atoms with Gasteiger partial charge in [-0.15, -0.1) is 0 Å². The van der Waals surface area contributed by atoms with Crippen molar-refractivity contribution < 1.29 is 0 Å². The van der Waals surface area contributed by atoms with Crippen LogP contribution in [0.25, 0.3) is 53.9 Å². The molecular formula is C23H10N2O2. The molecule has 0 spiro atoms. The summed E-state index contributed by atoms with van der Waals surface area (Å²) in [5.74, 6) is 0. The van der Waals surface area contributed by atoms with E-state index in [9.17, 15) is 14.9 Å². The van der Waals surface area contributed by atoms with Gasteiger partial charge in [-0.2, -0.15) is 5.26 Å². The predicted molar refractivity (Wildman–Crippen MR) is 108 cm³/mol. The van der Waals surface area contributed by atoms with E-state index in [1.54, 1.807) is 6.07 Å². The second-order valence-electron chi connectivity index (χ2n) is 6.86. The van der Waals surface area contributed by atoms with Crippen molar-refractivity contribution in [2.75, 3.05) is 0 Å². The zero-order valence-corrected chi connectivity index (χ0v) is 14.0. The van der Waals surface area contributed by atoms with Gasteiger partial charge in [0.25, 0.3) is 11.1 Å². The summed E-state index contributed by atoms with van der Waals surface area (Å²) in [7, 11) is 0. The summed E-state index contributed by atoms with van der Waals surface area (Å²) in [6.07, 6.45) is 0. The van der Waals surface area contributed by atoms with Crippen LogP contribution in [0.3, 0.4) is 0 Å². The first-order valence-electron chi connectivity index (χ1n) is 8.61. The van der Waals surface area contributed by atoms with E-state index < -0.39 is 0 Å². The van der Waals surface area contributed by atoms with Crippen molar-refractivity contribution in [3.05, 3.63) is 80.9 Å². The van der Waals surface area contributed by atoms with E-state index in [1.165, 1.54) is 0 Å². The molecule has 1 aromatic heterocycles. The van der Waals surface area contributed by atoms with Crippen molar-refractivity contribution in [3.63, 3.8) is 0 Å². The number of hydrogen-bond acceptors (Lipinski definition) is 3. The third kappa shape index (κ3) is 1.57. The third-order valence-electron chi connectivity index (χ3n) is 5.59. The average Bonchev–Trinajstić information content (AvgIpc) is 2.98. The molecule has 0 atom stereocenters. The van der Waals surface area contributed by atoms with Gasteiger partial charge in [0.2, 0.25) is 0 Å². The van der Waals surface area contributed by atoms with Gasteiger partial charge in [0.1, 0.15) is 0 Å². The van der Waals surface area contributed by atoms with Crippen LogP contribution < -0.4 is 11.1 Å². The second kappa shape index (κ2) is 4.60. The number of H-pyrrole nitrogens is 1. The fourth-order valence-corrected chi connectivity index (χ4v) is 4.54. The quantitative estimate of drug-likeness (QED) is 0.330. The highest BCUT2D eigenvalue weighted by atomic mass is 16.2. The zero-order chi connectivity index (χ0) is 18.3. The highest BCUT2D eigenvalue weighted by molar-refractivity contribution is 6.38. The molecule has 5 aromatic carbocycles. The molecule has 0 unspecified atom stereocenters. The molecule has 6 rings (SSSR count). The van der Waals surface area contributed by atoms with Crippen molar-refractivity contribution in [3.8, 4) is 6.07 Å². The van der Waals surface area contributed by atoms with Crippen LogP contribution in [0.2, 0.25) is 0 Å². The number of aromatic amines is 1. The summed E-state index contributed by atoms with van der Waals surface area (Å²) < 4.78 is 0. The first kappa shape index (κ1) is 14.2. The Morgan fingerprint density at radius 1 is 0.667 bits per heavy atom. The Morgan fingerprint density at radius 2 is 1.41 bits per heavy atom. The van der Waals surface area contributed by atoms with Gasteiger partial charge in [-0.05, 0) is 44.5 Å². The number of fused-ring (bicyclic) bond motifs is 4. The van der Waals surface area contributed by atoms with Crippen molar-refractivity contribution >= 4 is 53.9 Å². The Bertz CT molecular complexity index is 1720. The maximum absolute atomic E-state index is 12.6. The number of nitrogens with one attached hydrogen (secondary N) is 1. The molecule has 0 fully saturated rings. The van der Waals surface area contributed by atoms with Crippen LogP contribution in [0.15, 0.2) is 64.2 Å². The number of nitriles is 1. The van der Waals surface area contributed by atoms with Gasteiger partial charge < -0.3 is 0 Å². The Kier molecular flexibility index (Phi) is 2.42. The van der Waals surface area contributed by atoms with E-state index in [-0.39, 0.29) is 11.1 Å². The van der Waals surface area contributed by atoms with E-state index in [0.29, 0.717) is 16.3 Å². The van der Waals surface area contributed by atoms with Crippen LogP contribution >= 0.6 is 0 Å². The molecule has 4 nitrogen and oxygen atoms in total. The smallest absolute Gasteiger partial charge is 0.259 e. The molecule has 124 valence electrons. The summed E-state index contributed by atoms with van der Waals surface area (Å²) in [6.45, 7) is 0. The lowest BCUT2D eigenvalue weighted by molar-refractivity contribution is 1.26. The van der Waals surface area contributed by atoms with Gasteiger partial charge >= 0.3 is 0 Å². The fraction of sp³-hybridized carbons (Fsp3) is 0. The van der Waals surface area contributed by atoms with Crippen LogP contribution in [0.1, 0.15) is 5.56 Å². The highest BCUT2D eigenvalue weighted by Gasteiger charge is 2.19. The van der Waals surface area contributed by atoms with Gasteiger partial charge in [0.05, 0.1) is 22.4 Å². The Balaban J connectivity index is 2.15. The van der Waals surface area contributed by atoms with E-state index >= 15 is 0 Å². The van der Waals surface area contributed by atoms with Gasteiger partial charge in [-0.1, -0.05) is 42.5 Å². The molecule has 6 aromatic rings. The molecule has 1 N–H and O–H groups in total. The zero-order valence-electron chi connectivity index (χ0n) is 14.0. The van der Waals surface area contributed by atoms with Gasteiger partial charge in [-0.3, -0.25) is 14.6 Å².